The van der Waals surface area contributed by atoms with E-state index in [1.807, 2.05) is 6.92 Å². The zero-order valence-electron chi connectivity index (χ0n) is 8.41. The lowest BCUT2D eigenvalue weighted by molar-refractivity contribution is 0.549. The molecule has 0 aliphatic carbocycles. The van der Waals surface area contributed by atoms with Gasteiger partial charge in [0.05, 0.1) is 6.04 Å². The molecule has 76 valence electrons. The van der Waals surface area contributed by atoms with E-state index in [2.05, 4.69) is 11.6 Å². The van der Waals surface area contributed by atoms with Gasteiger partial charge >= 0.3 is 5.69 Å². The Labute approximate surface area is 81.9 Å². The summed E-state index contributed by atoms with van der Waals surface area (Å²) in [5.41, 5.74) is -0.178. The number of hydrogen-bond donors (Lipinski definition) is 1. The monoisotopic (exact) mass is 194 g/mol. The molecule has 1 N–H and O–H groups in total. The Morgan fingerprint density at radius 3 is 2.79 bits per heavy atom. The van der Waals surface area contributed by atoms with Gasteiger partial charge in [0.25, 0.3) is 5.56 Å². The minimum absolute atomic E-state index is 0.0574. The summed E-state index contributed by atoms with van der Waals surface area (Å²) in [6.07, 6.45) is 4.03. The van der Waals surface area contributed by atoms with Gasteiger partial charge in [-0.25, -0.2) is 4.79 Å². The van der Waals surface area contributed by atoms with Crippen molar-refractivity contribution >= 4 is 0 Å². The summed E-state index contributed by atoms with van der Waals surface area (Å²) in [5.74, 6) is 0. The predicted molar refractivity (Wildman–Crippen MR) is 55.6 cm³/mol. The van der Waals surface area contributed by atoms with Crippen LogP contribution in [0.4, 0.5) is 0 Å². The fraction of sp³-hybridized carbons (Fsp3) is 0.400. The van der Waals surface area contributed by atoms with Crippen molar-refractivity contribution in [3.8, 4) is 0 Å². The molecule has 0 radical (unpaired) electrons. The minimum Gasteiger partial charge on any atom is -0.293 e. The van der Waals surface area contributed by atoms with Crippen LogP contribution in [-0.4, -0.2) is 9.55 Å². The van der Waals surface area contributed by atoms with Crippen LogP contribution in [0, 0.1) is 6.92 Å². The maximum Gasteiger partial charge on any atom is 0.328 e. The lowest BCUT2D eigenvalue weighted by atomic mass is 10.2. The van der Waals surface area contributed by atoms with E-state index in [-0.39, 0.29) is 17.3 Å². The predicted octanol–water partition coefficient (Wildman–Crippen LogP) is 0.982. The highest BCUT2D eigenvalue weighted by molar-refractivity contribution is 5.03. The zero-order chi connectivity index (χ0) is 10.7. The van der Waals surface area contributed by atoms with Gasteiger partial charge in [0, 0.05) is 11.8 Å². The van der Waals surface area contributed by atoms with Crippen molar-refractivity contribution < 1.29 is 0 Å². The van der Waals surface area contributed by atoms with E-state index >= 15 is 0 Å². The van der Waals surface area contributed by atoms with Gasteiger partial charge in [-0.15, -0.1) is 6.58 Å². The van der Waals surface area contributed by atoms with Crippen LogP contribution in [0.5, 0.6) is 0 Å². The fourth-order valence-corrected chi connectivity index (χ4v) is 1.31. The van der Waals surface area contributed by atoms with Crippen molar-refractivity contribution in [3.05, 3.63) is 45.3 Å². The number of aromatic nitrogens is 2. The van der Waals surface area contributed by atoms with Crippen molar-refractivity contribution in [2.45, 2.75) is 26.3 Å². The minimum atomic E-state index is -0.382. The Morgan fingerprint density at radius 2 is 2.29 bits per heavy atom. The van der Waals surface area contributed by atoms with Crippen molar-refractivity contribution in [1.82, 2.24) is 9.55 Å². The number of nitrogens with zero attached hydrogens (tertiary/aromatic N) is 1. The van der Waals surface area contributed by atoms with E-state index in [0.29, 0.717) is 5.56 Å². The molecule has 0 spiro atoms. The van der Waals surface area contributed by atoms with Gasteiger partial charge in [0.2, 0.25) is 0 Å². The van der Waals surface area contributed by atoms with Crippen LogP contribution in [0.2, 0.25) is 0 Å². The van der Waals surface area contributed by atoms with Crippen LogP contribution in [0.15, 0.2) is 28.4 Å². The summed E-state index contributed by atoms with van der Waals surface area (Å²) in [7, 11) is 0. The molecule has 0 aliphatic rings. The number of H-pyrrole nitrogens is 1. The van der Waals surface area contributed by atoms with Crippen LogP contribution in [0.25, 0.3) is 0 Å². The Balaban J connectivity index is 3.35. The summed E-state index contributed by atoms with van der Waals surface area (Å²) in [4.78, 5) is 24.8. The number of hydrogen-bond acceptors (Lipinski definition) is 2. The molecule has 4 nitrogen and oxygen atoms in total. The first-order valence-corrected chi connectivity index (χ1v) is 4.54. The summed E-state index contributed by atoms with van der Waals surface area (Å²) in [6, 6.07) is -0.0574. The zero-order valence-corrected chi connectivity index (χ0v) is 8.41. The molecule has 4 heteroatoms. The average Bonchev–Trinajstić information content (AvgIpc) is 2.15. The Morgan fingerprint density at radius 1 is 1.64 bits per heavy atom. The molecule has 1 atom stereocenters. The molecule has 1 unspecified atom stereocenters. The molecule has 14 heavy (non-hydrogen) atoms. The first-order chi connectivity index (χ1) is 6.60. The lowest BCUT2D eigenvalue weighted by Gasteiger charge is -2.13. The second-order valence-corrected chi connectivity index (χ2v) is 3.19. The van der Waals surface area contributed by atoms with Crippen LogP contribution < -0.4 is 11.2 Å². The van der Waals surface area contributed by atoms with Gasteiger partial charge < -0.3 is 0 Å². The van der Waals surface area contributed by atoms with Crippen molar-refractivity contribution in [1.29, 1.82) is 0 Å². The van der Waals surface area contributed by atoms with E-state index in [1.165, 1.54) is 4.57 Å². The lowest BCUT2D eigenvalue weighted by Crippen LogP contribution is -2.32. The van der Waals surface area contributed by atoms with Gasteiger partial charge in [-0.2, -0.15) is 0 Å². The summed E-state index contributed by atoms with van der Waals surface area (Å²) < 4.78 is 1.49. The van der Waals surface area contributed by atoms with Gasteiger partial charge in [0.15, 0.2) is 0 Å². The maximum atomic E-state index is 11.4. The number of allylic oxidation sites excluding steroid dienone is 1. The first kappa shape index (κ1) is 10.5. The van der Waals surface area contributed by atoms with Crippen LogP contribution in [0.1, 0.15) is 24.9 Å². The molecule has 1 rings (SSSR count). The Bertz CT molecular complexity index is 442. The van der Waals surface area contributed by atoms with E-state index in [0.717, 1.165) is 6.42 Å². The van der Waals surface area contributed by atoms with E-state index < -0.39 is 0 Å². The highest BCUT2D eigenvalue weighted by Crippen LogP contribution is 2.08. The van der Waals surface area contributed by atoms with Crippen molar-refractivity contribution in [2.24, 2.45) is 0 Å². The van der Waals surface area contributed by atoms with E-state index in [9.17, 15) is 9.59 Å². The molecule has 0 amide bonds. The molecule has 0 aromatic carbocycles. The van der Waals surface area contributed by atoms with Crippen LogP contribution >= 0.6 is 0 Å². The van der Waals surface area contributed by atoms with Gasteiger partial charge in [-0.3, -0.25) is 14.3 Å². The summed E-state index contributed by atoms with van der Waals surface area (Å²) in [6.45, 7) is 7.28. The van der Waals surface area contributed by atoms with E-state index in [4.69, 9.17) is 0 Å². The standard InChI is InChI=1S/C10H14N2O2/c1-4-8(5-2)12-6-7(3)9(13)11-10(12)14/h4,6,8H,1,5H2,2-3H3,(H,11,13,14). The van der Waals surface area contributed by atoms with Gasteiger partial charge in [0.1, 0.15) is 0 Å². The first-order valence-electron chi connectivity index (χ1n) is 4.54. The molecule has 0 aliphatic heterocycles. The number of aromatic amines is 1. The van der Waals surface area contributed by atoms with Crippen LogP contribution in [0.3, 0.4) is 0 Å². The number of nitrogens with one attached hydrogen (secondary N) is 1. The average molecular weight is 194 g/mol. The second kappa shape index (κ2) is 4.09. The quantitative estimate of drug-likeness (QED) is 0.729. The topological polar surface area (TPSA) is 54.9 Å². The Hall–Kier alpha value is -1.58. The van der Waals surface area contributed by atoms with Crippen LogP contribution in [-0.2, 0) is 0 Å². The smallest absolute Gasteiger partial charge is 0.293 e. The third-order valence-electron chi connectivity index (χ3n) is 2.19. The number of rotatable bonds is 3. The molecule has 0 bridgehead atoms. The SMILES string of the molecule is C=CC(CC)n1cc(C)c(=O)[nH]c1=O. The largest absolute Gasteiger partial charge is 0.328 e. The Kier molecular flexibility index (Phi) is 3.06. The molecule has 0 fully saturated rings. The maximum absolute atomic E-state index is 11.4. The molecule has 0 saturated heterocycles. The third-order valence-corrected chi connectivity index (χ3v) is 2.19. The molecule has 0 saturated carbocycles. The normalized spacial score (nSPS) is 12.4. The molecular weight excluding hydrogens is 180 g/mol. The van der Waals surface area contributed by atoms with E-state index in [1.54, 1.807) is 19.2 Å². The summed E-state index contributed by atoms with van der Waals surface area (Å²) >= 11 is 0. The highest BCUT2D eigenvalue weighted by Gasteiger charge is 2.07. The van der Waals surface area contributed by atoms with Gasteiger partial charge in [-0.05, 0) is 13.3 Å². The second-order valence-electron chi connectivity index (χ2n) is 3.19. The molecule has 1 heterocycles. The van der Waals surface area contributed by atoms with Gasteiger partial charge in [-0.1, -0.05) is 13.0 Å². The van der Waals surface area contributed by atoms with Crippen molar-refractivity contribution in [3.63, 3.8) is 0 Å². The third kappa shape index (κ3) is 1.84. The van der Waals surface area contributed by atoms with Crippen molar-refractivity contribution in [2.75, 3.05) is 0 Å². The molecule has 1 aromatic rings. The highest BCUT2D eigenvalue weighted by atomic mass is 16.2. The number of aryl methyl sites for hydroxylation is 1. The molecular formula is C10H14N2O2. The fourth-order valence-electron chi connectivity index (χ4n) is 1.31. The summed E-state index contributed by atoms with van der Waals surface area (Å²) in [5, 5.41) is 0. The molecule has 1 aromatic heterocycles.